The number of rotatable bonds is 5. The first-order chi connectivity index (χ1) is 9.52. The summed E-state index contributed by atoms with van der Waals surface area (Å²) in [4.78, 5) is 0. The zero-order valence-electron chi connectivity index (χ0n) is 12.5. The highest BCUT2D eigenvalue weighted by atomic mass is 19.1. The maximum absolute atomic E-state index is 13.9. The molecule has 2 rings (SSSR count). The summed E-state index contributed by atoms with van der Waals surface area (Å²) in [5.74, 6) is 0.803. The Morgan fingerprint density at radius 3 is 2.45 bits per heavy atom. The molecule has 1 aromatic rings. The first-order valence-corrected chi connectivity index (χ1v) is 7.27. The van der Waals surface area contributed by atoms with Crippen molar-refractivity contribution in [3.05, 3.63) is 23.5 Å². The molecule has 20 heavy (non-hydrogen) atoms. The summed E-state index contributed by atoms with van der Waals surface area (Å²) in [7, 11) is 1.54. The summed E-state index contributed by atoms with van der Waals surface area (Å²) in [6.45, 7) is 4.42. The number of hydrogen-bond acceptors (Lipinski definition) is 3. The molecule has 4 heteroatoms. The van der Waals surface area contributed by atoms with Crippen LogP contribution in [0.5, 0.6) is 11.5 Å². The van der Waals surface area contributed by atoms with E-state index in [9.17, 15) is 4.39 Å². The van der Waals surface area contributed by atoms with Gasteiger partial charge in [0.05, 0.1) is 13.2 Å². The van der Waals surface area contributed by atoms with E-state index < -0.39 is 0 Å². The van der Waals surface area contributed by atoms with Crippen molar-refractivity contribution in [2.75, 3.05) is 13.7 Å². The van der Waals surface area contributed by atoms with Crippen molar-refractivity contribution in [1.82, 2.24) is 0 Å². The maximum atomic E-state index is 13.9. The molecule has 0 spiro atoms. The molecule has 2 N–H and O–H groups in total. The standard InChI is InChI=1S/C16H24FNO2/c1-11(2)20-15-13(8-12(17)9-14(15)19-3)16(10-18)6-4-5-7-16/h8-9,11H,4-7,10,18H2,1-3H3. The van der Waals surface area contributed by atoms with E-state index in [0.29, 0.717) is 18.0 Å². The van der Waals surface area contributed by atoms with Gasteiger partial charge in [0, 0.05) is 23.6 Å². The van der Waals surface area contributed by atoms with Crippen molar-refractivity contribution in [2.45, 2.75) is 51.0 Å². The Hall–Kier alpha value is -1.29. The molecule has 0 bridgehead atoms. The molecule has 3 nitrogen and oxygen atoms in total. The highest BCUT2D eigenvalue weighted by molar-refractivity contribution is 5.51. The van der Waals surface area contributed by atoms with E-state index in [-0.39, 0.29) is 17.3 Å². The maximum Gasteiger partial charge on any atom is 0.165 e. The number of benzene rings is 1. The second-order valence-corrected chi connectivity index (χ2v) is 5.84. The topological polar surface area (TPSA) is 44.5 Å². The number of halogens is 1. The van der Waals surface area contributed by atoms with Gasteiger partial charge in [-0.3, -0.25) is 0 Å². The van der Waals surface area contributed by atoms with Crippen LogP contribution in [-0.4, -0.2) is 19.8 Å². The Labute approximate surface area is 120 Å². The van der Waals surface area contributed by atoms with Crippen molar-refractivity contribution >= 4 is 0 Å². The van der Waals surface area contributed by atoms with Gasteiger partial charge in [-0.2, -0.15) is 0 Å². The van der Waals surface area contributed by atoms with E-state index in [1.165, 1.54) is 13.2 Å². The Bertz CT molecular complexity index is 468. The predicted molar refractivity (Wildman–Crippen MR) is 77.9 cm³/mol. The van der Waals surface area contributed by atoms with Gasteiger partial charge >= 0.3 is 0 Å². The van der Waals surface area contributed by atoms with Gasteiger partial charge < -0.3 is 15.2 Å². The first kappa shape index (κ1) is 15.1. The van der Waals surface area contributed by atoms with Crippen LogP contribution in [0.4, 0.5) is 4.39 Å². The molecule has 1 fully saturated rings. The fraction of sp³-hybridized carbons (Fsp3) is 0.625. The minimum Gasteiger partial charge on any atom is -0.493 e. The van der Waals surface area contributed by atoms with Crippen molar-refractivity contribution in [3.8, 4) is 11.5 Å². The van der Waals surface area contributed by atoms with Crippen LogP contribution in [0.15, 0.2) is 12.1 Å². The third-order valence-electron chi connectivity index (χ3n) is 4.12. The molecular formula is C16H24FNO2. The molecule has 0 aromatic heterocycles. The summed E-state index contributed by atoms with van der Waals surface area (Å²) in [5, 5.41) is 0. The van der Waals surface area contributed by atoms with E-state index in [2.05, 4.69) is 0 Å². The smallest absolute Gasteiger partial charge is 0.165 e. The average Bonchev–Trinajstić information content (AvgIpc) is 2.89. The third kappa shape index (κ3) is 2.75. The van der Waals surface area contributed by atoms with Gasteiger partial charge in [-0.25, -0.2) is 4.39 Å². The molecule has 0 amide bonds. The van der Waals surface area contributed by atoms with Gasteiger partial charge in [0.1, 0.15) is 5.82 Å². The van der Waals surface area contributed by atoms with Gasteiger partial charge in [0.15, 0.2) is 11.5 Å². The molecule has 0 radical (unpaired) electrons. The van der Waals surface area contributed by atoms with Crippen LogP contribution in [0, 0.1) is 5.82 Å². The first-order valence-electron chi connectivity index (χ1n) is 7.27. The molecule has 0 atom stereocenters. The zero-order valence-corrected chi connectivity index (χ0v) is 12.5. The fourth-order valence-electron chi connectivity index (χ4n) is 3.11. The van der Waals surface area contributed by atoms with Crippen LogP contribution < -0.4 is 15.2 Å². The third-order valence-corrected chi connectivity index (χ3v) is 4.12. The van der Waals surface area contributed by atoms with Crippen molar-refractivity contribution in [2.24, 2.45) is 5.73 Å². The van der Waals surface area contributed by atoms with E-state index in [1.54, 1.807) is 6.07 Å². The molecular weight excluding hydrogens is 257 g/mol. The minimum atomic E-state index is -0.298. The number of nitrogens with two attached hydrogens (primary N) is 1. The zero-order chi connectivity index (χ0) is 14.8. The van der Waals surface area contributed by atoms with Gasteiger partial charge in [-0.15, -0.1) is 0 Å². The lowest BCUT2D eigenvalue weighted by molar-refractivity contribution is 0.221. The van der Waals surface area contributed by atoms with E-state index in [1.807, 2.05) is 13.8 Å². The number of hydrogen-bond donors (Lipinski definition) is 1. The highest BCUT2D eigenvalue weighted by Gasteiger charge is 2.38. The molecule has 112 valence electrons. The summed E-state index contributed by atoms with van der Waals surface area (Å²) in [6.07, 6.45) is 4.20. The molecule has 1 saturated carbocycles. The summed E-state index contributed by atoms with van der Waals surface area (Å²) in [5.41, 5.74) is 6.71. The molecule has 1 aliphatic carbocycles. The molecule has 0 heterocycles. The lowest BCUT2D eigenvalue weighted by atomic mass is 9.78. The largest absolute Gasteiger partial charge is 0.493 e. The lowest BCUT2D eigenvalue weighted by Crippen LogP contribution is -2.33. The average molecular weight is 281 g/mol. The van der Waals surface area contributed by atoms with Gasteiger partial charge in [0.2, 0.25) is 0 Å². The minimum absolute atomic E-state index is 0.00402. The normalized spacial score (nSPS) is 17.5. The molecule has 1 aliphatic rings. The van der Waals surface area contributed by atoms with Crippen molar-refractivity contribution in [3.63, 3.8) is 0 Å². The van der Waals surface area contributed by atoms with Crippen LogP contribution >= 0.6 is 0 Å². The fourth-order valence-corrected chi connectivity index (χ4v) is 3.11. The quantitative estimate of drug-likeness (QED) is 0.899. The molecule has 1 aromatic carbocycles. The van der Waals surface area contributed by atoms with Crippen LogP contribution in [-0.2, 0) is 5.41 Å². The monoisotopic (exact) mass is 281 g/mol. The number of methoxy groups -OCH3 is 1. The van der Waals surface area contributed by atoms with Gasteiger partial charge in [-0.1, -0.05) is 12.8 Å². The highest BCUT2D eigenvalue weighted by Crippen LogP contribution is 2.47. The van der Waals surface area contributed by atoms with Crippen molar-refractivity contribution < 1.29 is 13.9 Å². The molecule has 0 saturated heterocycles. The Morgan fingerprint density at radius 1 is 1.30 bits per heavy atom. The van der Waals surface area contributed by atoms with Crippen molar-refractivity contribution in [1.29, 1.82) is 0 Å². The van der Waals surface area contributed by atoms with E-state index >= 15 is 0 Å². The van der Waals surface area contributed by atoms with Crippen LogP contribution in [0.1, 0.15) is 45.1 Å². The molecule has 0 unspecified atom stereocenters. The second-order valence-electron chi connectivity index (χ2n) is 5.84. The predicted octanol–water partition coefficient (Wildman–Crippen LogP) is 3.39. The second kappa shape index (κ2) is 6.00. The Kier molecular flexibility index (Phi) is 4.53. The summed E-state index contributed by atoms with van der Waals surface area (Å²) >= 11 is 0. The Morgan fingerprint density at radius 2 is 1.95 bits per heavy atom. The van der Waals surface area contributed by atoms with Crippen LogP contribution in [0.2, 0.25) is 0 Å². The Balaban J connectivity index is 2.57. The van der Waals surface area contributed by atoms with Gasteiger partial charge in [-0.05, 0) is 32.8 Å². The summed E-state index contributed by atoms with van der Waals surface area (Å²) in [6, 6.07) is 2.94. The van der Waals surface area contributed by atoms with E-state index in [0.717, 1.165) is 31.2 Å². The summed E-state index contributed by atoms with van der Waals surface area (Å²) < 4.78 is 25.1. The lowest BCUT2D eigenvalue weighted by Gasteiger charge is -2.31. The van der Waals surface area contributed by atoms with E-state index in [4.69, 9.17) is 15.2 Å². The SMILES string of the molecule is COc1cc(F)cc(C2(CN)CCCC2)c1OC(C)C. The van der Waals surface area contributed by atoms with Crippen LogP contribution in [0.25, 0.3) is 0 Å². The number of ether oxygens (including phenoxy) is 2. The van der Waals surface area contributed by atoms with Crippen LogP contribution in [0.3, 0.4) is 0 Å². The van der Waals surface area contributed by atoms with Gasteiger partial charge in [0.25, 0.3) is 0 Å². The molecule has 0 aliphatic heterocycles.